The Hall–Kier alpha value is -1.65. The number of hydrogen-bond donors (Lipinski definition) is 2. The predicted molar refractivity (Wildman–Crippen MR) is 91.4 cm³/mol. The first-order valence-corrected chi connectivity index (χ1v) is 7.82. The predicted octanol–water partition coefficient (Wildman–Crippen LogP) is 2.43. The van der Waals surface area contributed by atoms with Crippen molar-refractivity contribution < 1.29 is 9.90 Å². The van der Waals surface area contributed by atoms with Crippen molar-refractivity contribution in [3.63, 3.8) is 0 Å². The van der Waals surface area contributed by atoms with Crippen molar-refractivity contribution >= 4 is 12.0 Å². The average Bonchev–Trinajstić information content (AvgIpc) is 2.52. The number of carbonyl (C=O) groups is 1. The minimum absolute atomic E-state index is 0.105. The number of rotatable bonds is 9. The molecule has 1 aromatic rings. The highest BCUT2D eigenvalue weighted by Gasteiger charge is 2.02. The molecule has 1 rings (SSSR count). The fraction of sp³-hybridized carbons (Fsp3) is 0.500. The lowest BCUT2D eigenvalue weighted by Crippen LogP contribution is -2.28. The number of amides is 1. The minimum atomic E-state index is 0.105. The lowest BCUT2D eigenvalue weighted by atomic mass is 10.1. The maximum atomic E-state index is 11.4. The van der Waals surface area contributed by atoms with Crippen molar-refractivity contribution in [3.05, 3.63) is 41.5 Å². The van der Waals surface area contributed by atoms with Crippen LogP contribution in [0.2, 0.25) is 0 Å². The Morgan fingerprint density at radius 1 is 1.41 bits per heavy atom. The van der Waals surface area contributed by atoms with Crippen LogP contribution in [0.1, 0.15) is 37.3 Å². The third kappa shape index (κ3) is 7.38. The second-order valence-corrected chi connectivity index (χ2v) is 5.79. The van der Waals surface area contributed by atoms with Gasteiger partial charge in [0.2, 0.25) is 5.91 Å². The zero-order chi connectivity index (χ0) is 16.4. The largest absolute Gasteiger partial charge is 0.395 e. The van der Waals surface area contributed by atoms with Crippen LogP contribution in [0, 0.1) is 0 Å². The van der Waals surface area contributed by atoms with Gasteiger partial charge in [0, 0.05) is 33.1 Å². The number of allylic oxidation sites excluding steroid dienone is 1. The Morgan fingerprint density at radius 2 is 2.18 bits per heavy atom. The molecule has 0 heterocycles. The van der Waals surface area contributed by atoms with Crippen molar-refractivity contribution in [3.8, 4) is 0 Å². The number of carbonyl (C=O) groups excluding carboxylic acids is 1. The van der Waals surface area contributed by atoms with Crippen molar-refractivity contribution in [2.75, 3.05) is 20.7 Å². The molecule has 2 N–H and O–H groups in total. The molecule has 1 atom stereocenters. The van der Waals surface area contributed by atoms with E-state index in [9.17, 15) is 4.79 Å². The molecule has 0 saturated heterocycles. The second-order valence-electron chi connectivity index (χ2n) is 5.79. The molecule has 22 heavy (non-hydrogen) atoms. The van der Waals surface area contributed by atoms with Crippen LogP contribution in [0.3, 0.4) is 0 Å². The van der Waals surface area contributed by atoms with Gasteiger partial charge in [-0.2, -0.15) is 0 Å². The monoisotopic (exact) mass is 304 g/mol. The van der Waals surface area contributed by atoms with E-state index in [4.69, 9.17) is 5.11 Å². The van der Waals surface area contributed by atoms with Crippen LogP contribution in [-0.4, -0.2) is 42.7 Å². The molecule has 0 bridgehead atoms. The Kier molecular flexibility index (Phi) is 8.48. The van der Waals surface area contributed by atoms with Crippen LogP contribution < -0.4 is 5.32 Å². The quantitative estimate of drug-likeness (QED) is 0.689. The molecule has 0 saturated carbocycles. The van der Waals surface area contributed by atoms with Gasteiger partial charge in [0.05, 0.1) is 6.61 Å². The summed E-state index contributed by atoms with van der Waals surface area (Å²) >= 11 is 0. The smallest absolute Gasteiger partial charge is 0.222 e. The van der Waals surface area contributed by atoms with Crippen LogP contribution in [0.25, 0.3) is 6.08 Å². The summed E-state index contributed by atoms with van der Waals surface area (Å²) in [5, 5.41) is 12.3. The number of nitrogens with zero attached hydrogens (tertiary/aromatic N) is 1. The summed E-state index contributed by atoms with van der Waals surface area (Å²) in [6.07, 6.45) is 6.59. The standard InChI is InChI=1S/C18H28N2O2/c1-15(14-21)19-13-17-10-7-9-16(12-17)8-5-4-6-11-18(22)20(2)3/h5,7-10,12,15,19,21H,4,6,11,13-14H2,1-3H3. The first-order chi connectivity index (χ1) is 10.5. The van der Waals surface area contributed by atoms with Gasteiger partial charge < -0.3 is 15.3 Å². The maximum absolute atomic E-state index is 11.4. The third-order valence-electron chi connectivity index (χ3n) is 3.45. The molecule has 0 aliphatic rings. The SMILES string of the molecule is CC(CO)NCc1cccc(C=CCCCC(=O)N(C)C)c1. The molecular weight excluding hydrogens is 276 g/mol. The average molecular weight is 304 g/mol. The van der Waals surface area contributed by atoms with E-state index in [0.717, 1.165) is 24.9 Å². The summed E-state index contributed by atoms with van der Waals surface area (Å²) in [5.74, 6) is 0.180. The molecule has 1 amide bonds. The molecule has 1 unspecified atom stereocenters. The fourth-order valence-corrected chi connectivity index (χ4v) is 1.98. The van der Waals surface area contributed by atoms with Gasteiger partial charge in [-0.1, -0.05) is 36.4 Å². The topological polar surface area (TPSA) is 52.6 Å². The van der Waals surface area contributed by atoms with Gasteiger partial charge in [0.25, 0.3) is 0 Å². The van der Waals surface area contributed by atoms with Gasteiger partial charge in [-0.05, 0) is 30.9 Å². The summed E-state index contributed by atoms with van der Waals surface area (Å²) in [5.41, 5.74) is 2.36. The Balaban J connectivity index is 2.39. The number of unbranched alkanes of at least 4 members (excludes halogenated alkanes) is 1. The van der Waals surface area contributed by atoms with Gasteiger partial charge in [0.15, 0.2) is 0 Å². The maximum Gasteiger partial charge on any atom is 0.222 e. The Morgan fingerprint density at radius 3 is 2.86 bits per heavy atom. The van der Waals surface area contributed by atoms with Crippen LogP contribution in [0.4, 0.5) is 0 Å². The van der Waals surface area contributed by atoms with Crippen LogP contribution in [0.15, 0.2) is 30.3 Å². The first-order valence-electron chi connectivity index (χ1n) is 7.82. The molecular formula is C18H28N2O2. The van der Waals surface area contributed by atoms with E-state index in [1.807, 2.05) is 13.0 Å². The van der Waals surface area contributed by atoms with E-state index in [-0.39, 0.29) is 18.6 Å². The summed E-state index contributed by atoms with van der Waals surface area (Å²) in [7, 11) is 3.57. The lowest BCUT2D eigenvalue weighted by molar-refractivity contribution is -0.128. The second kappa shape index (κ2) is 10.1. The molecule has 0 aliphatic carbocycles. The van der Waals surface area contributed by atoms with Crippen LogP contribution >= 0.6 is 0 Å². The summed E-state index contributed by atoms with van der Waals surface area (Å²) < 4.78 is 0. The molecule has 0 aromatic heterocycles. The van der Waals surface area contributed by atoms with Crippen LogP contribution in [-0.2, 0) is 11.3 Å². The highest BCUT2D eigenvalue weighted by molar-refractivity contribution is 5.75. The van der Waals surface area contributed by atoms with Gasteiger partial charge in [-0.15, -0.1) is 0 Å². The number of benzene rings is 1. The third-order valence-corrected chi connectivity index (χ3v) is 3.45. The number of aliphatic hydroxyl groups excluding tert-OH is 1. The summed E-state index contributed by atoms with van der Waals surface area (Å²) in [6, 6.07) is 8.42. The van der Waals surface area contributed by atoms with Gasteiger partial charge in [0.1, 0.15) is 0 Å². The van der Waals surface area contributed by atoms with Crippen LogP contribution in [0.5, 0.6) is 0 Å². The van der Waals surface area contributed by atoms with Gasteiger partial charge >= 0.3 is 0 Å². The Bertz CT molecular complexity index is 484. The fourth-order valence-electron chi connectivity index (χ4n) is 1.98. The summed E-state index contributed by atoms with van der Waals surface area (Å²) in [6.45, 7) is 2.85. The van der Waals surface area contributed by atoms with Crippen molar-refractivity contribution in [1.82, 2.24) is 10.2 Å². The normalized spacial score (nSPS) is 12.5. The van der Waals surface area contributed by atoms with E-state index < -0.39 is 0 Å². The zero-order valence-electron chi connectivity index (χ0n) is 13.9. The lowest BCUT2D eigenvalue weighted by Gasteiger charge is -2.10. The Labute approximate surface area is 133 Å². The van der Waals surface area contributed by atoms with Crippen molar-refractivity contribution in [2.24, 2.45) is 0 Å². The number of aliphatic hydroxyl groups is 1. The summed E-state index contributed by atoms with van der Waals surface area (Å²) in [4.78, 5) is 13.1. The van der Waals surface area contributed by atoms with E-state index in [1.165, 1.54) is 5.56 Å². The molecule has 0 spiro atoms. The van der Waals surface area contributed by atoms with E-state index >= 15 is 0 Å². The first kappa shape index (κ1) is 18.4. The molecule has 122 valence electrons. The van der Waals surface area contributed by atoms with E-state index in [2.05, 4.69) is 35.7 Å². The zero-order valence-corrected chi connectivity index (χ0v) is 13.9. The van der Waals surface area contributed by atoms with Gasteiger partial charge in [-0.25, -0.2) is 0 Å². The molecule has 0 fully saturated rings. The number of hydrogen-bond acceptors (Lipinski definition) is 3. The van der Waals surface area contributed by atoms with E-state index in [0.29, 0.717) is 6.42 Å². The molecule has 4 heteroatoms. The van der Waals surface area contributed by atoms with Crippen molar-refractivity contribution in [1.29, 1.82) is 0 Å². The molecule has 0 radical (unpaired) electrons. The molecule has 1 aromatic carbocycles. The van der Waals surface area contributed by atoms with Gasteiger partial charge in [-0.3, -0.25) is 4.79 Å². The number of nitrogens with one attached hydrogen (secondary N) is 1. The minimum Gasteiger partial charge on any atom is -0.395 e. The van der Waals surface area contributed by atoms with Crippen molar-refractivity contribution in [2.45, 2.75) is 38.8 Å². The highest BCUT2D eigenvalue weighted by Crippen LogP contribution is 2.09. The highest BCUT2D eigenvalue weighted by atomic mass is 16.3. The van der Waals surface area contributed by atoms with E-state index in [1.54, 1.807) is 19.0 Å². The molecule has 4 nitrogen and oxygen atoms in total. The molecule has 0 aliphatic heterocycles.